The monoisotopic (exact) mass is 193 g/mol. The van der Waals surface area contributed by atoms with Crippen LogP contribution in [0.3, 0.4) is 0 Å². The Kier molecular flexibility index (Phi) is 2.85. The molecular weight excluding hydrogens is 180 g/mol. The highest BCUT2D eigenvalue weighted by Gasteiger charge is 2.46. The molecule has 0 radical (unpaired) electrons. The first-order valence-corrected chi connectivity index (χ1v) is 4.28. The quantitative estimate of drug-likeness (QED) is 0.698. The molecule has 1 heterocycles. The van der Waals surface area contributed by atoms with Crippen molar-refractivity contribution < 1.29 is 18.7 Å². The summed E-state index contributed by atoms with van der Waals surface area (Å²) >= 11 is 0. The molecule has 5 heteroatoms. The van der Waals surface area contributed by atoms with Crippen LogP contribution in [0.4, 0.5) is 8.78 Å². The van der Waals surface area contributed by atoms with Gasteiger partial charge in [-0.15, -0.1) is 0 Å². The molecule has 3 nitrogen and oxygen atoms in total. The molecule has 1 unspecified atom stereocenters. The van der Waals surface area contributed by atoms with Crippen molar-refractivity contribution in [3.63, 3.8) is 0 Å². The summed E-state index contributed by atoms with van der Waals surface area (Å²) in [5, 5.41) is 8.79. The van der Waals surface area contributed by atoms with Gasteiger partial charge in [-0.2, -0.15) is 0 Å². The van der Waals surface area contributed by atoms with Gasteiger partial charge in [-0.1, -0.05) is 6.92 Å². The molecule has 1 aliphatic heterocycles. The van der Waals surface area contributed by atoms with Gasteiger partial charge in [0.1, 0.15) is 0 Å². The SMILES string of the molecule is CCC(=O)N1CC(F)(F)CC1CO. The number of likely N-dealkylation sites (tertiary alicyclic amines) is 1. The van der Waals surface area contributed by atoms with Crippen LogP contribution in [0.2, 0.25) is 0 Å². The minimum atomic E-state index is -2.84. The van der Waals surface area contributed by atoms with E-state index < -0.39 is 24.9 Å². The number of nitrogens with zero attached hydrogens (tertiary/aromatic N) is 1. The van der Waals surface area contributed by atoms with E-state index in [4.69, 9.17) is 5.11 Å². The topological polar surface area (TPSA) is 40.5 Å². The van der Waals surface area contributed by atoms with Crippen LogP contribution in [-0.2, 0) is 4.79 Å². The van der Waals surface area contributed by atoms with Crippen LogP contribution in [0, 0.1) is 0 Å². The first-order chi connectivity index (χ1) is 6.00. The standard InChI is InChI=1S/C8H13F2NO2/c1-2-7(13)11-5-8(9,10)3-6(11)4-12/h6,12H,2-5H2,1H3. The van der Waals surface area contributed by atoms with E-state index in [2.05, 4.69) is 0 Å². The maximum absolute atomic E-state index is 12.8. The summed E-state index contributed by atoms with van der Waals surface area (Å²) in [6, 6.07) is -0.706. The number of aliphatic hydroxyl groups is 1. The number of hydrogen-bond donors (Lipinski definition) is 1. The smallest absolute Gasteiger partial charge is 0.267 e. The summed E-state index contributed by atoms with van der Waals surface area (Å²) in [4.78, 5) is 12.2. The van der Waals surface area contributed by atoms with E-state index in [1.807, 2.05) is 0 Å². The Labute approximate surface area is 75.3 Å². The lowest BCUT2D eigenvalue weighted by molar-refractivity contribution is -0.133. The fraction of sp³-hybridized carbons (Fsp3) is 0.875. The molecular formula is C8H13F2NO2. The van der Waals surface area contributed by atoms with Crippen molar-refractivity contribution in [1.29, 1.82) is 0 Å². The molecule has 0 aromatic heterocycles. The Balaban J connectivity index is 2.69. The Hall–Kier alpha value is -0.710. The summed E-state index contributed by atoms with van der Waals surface area (Å²) in [6.07, 6.45) is -0.220. The zero-order valence-electron chi connectivity index (χ0n) is 7.46. The van der Waals surface area contributed by atoms with Crippen LogP contribution in [0.25, 0.3) is 0 Å². The summed E-state index contributed by atoms with van der Waals surface area (Å²) in [5.41, 5.74) is 0. The normalized spacial score (nSPS) is 26.5. The molecule has 1 N–H and O–H groups in total. The second-order valence-corrected chi connectivity index (χ2v) is 3.27. The predicted molar refractivity (Wildman–Crippen MR) is 42.4 cm³/mol. The third-order valence-electron chi connectivity index (χ3n) is 2.21. The average Bonchev–Trinajstić information content (AvgIpc) is 2.39. The third kappa shape index (κ3) is 2.15. The lowest BCUT2D eigenvalue weighted by Gasteiger charge is -2.21. The number of hydrogen-bond acceptors (Lipinski definition) is 2. The van der Waals surface area contributed by atoms with Gasteiger partial charge < -0.3 is 10.0 Å². The zero-order chi connectivity index (χ0) is 10.1. The molecule has 1 rings (SSSR count). The van der Waals surface area contributed by atoms with Crippen molar-refractivity contribution in [3.05, 3.63) is 0 Å². The fourth-order valence-corrected chi connectivity index (χ4v) is 1.56. The Morgan fingerprint density at radius 3 is 2.77 bits per heavy atom. The highest BCUT2D eigenvalue weighted by atomic mass is 19.3. The number of alkyl halides is 2. The third-order valence-corrected chi connectivity index (χ3v) is 2.21. The number of carbonyl (C=O) groups is 1. The second-order valence-electron chi connectivity index (χ2n) is 3.27. The number of aliphatic hydroxyl groups excluding tert-OH is 1. The molecule has 76 valence electrons. The van der Waals surface area contributed by atoms with Gasteiger partial charge in [0.05, 0.1) is 19.2 Å². The van der Waals surface area contributed by atoms with E-state index in [0.29, 0.717) is 0 Å². The minimum Gasteiger partial charge on any atom is -0.394 e. The summed E-state index contributed by atoms with van der Waals surface area (Å²) < 4.78 is 25.6. The van der Waals surface area contributed by atoms with Gasteiger partial charge in [0.2, 0.25) is 5.91 Å². The predicted octanol–water partition coefficient (Wildman–Crippen LogP) is 0.625. The lowest BCUT2D eigenvalue weighted by atomic mass is 10.2. The fourth-order valence-electron chi connectivity index (χ4n) is 1.56. The molecule has 0 aromatic carbocycles. The zero-order valence-corrected chi connectivity index (χ0v) is 7.46. The van der Waals surface area contributed by atoms with Crippen LogP contribution in [0.5, 0.6) is 0 Å². The van der Waals surface area contributed by atoms with E-state index in [9.17, 15) is 13.6 Å². The minimum absolute atomic E-state index is 0.201. The molecule has 13 heavy (non-hydrogen) atoms. The van der Waals surface area contributed by atoms with Crippen LogP contribution < -0.4 is 0 Å². The second kappa shape index (κ2) is 3.57. The van der Waals surface area contributed by atoms with E-state index in [1.165, 1.54) is 0 Å². The van der Waals surface area contributed by atoms with Crippen LogP contribution in [-0.4, -0.2) is 41.0 Å². The highest BCUT2D eigenvalue weighted by molar-refractivity contribution is 5.76. The van der Waals surface area contributed by atoms with Crippen molar-refractivity contribution in [2.75, 3.05) is 13.2 Å². The van der Waals surface area contributed by atoms with Gasteiger partial charge in [-0.05, 0) is 0 Å². The maximum Gasteiger partial charge on any atom is 0.267 e. The maximum atomic E-state index is 12.8. The van der Waals surface area contributed by atoms with Gasteiger partial charge >= 0.3 is 0 Å². The number of halogens is 2. The number of amides is 1. The Morgan fingerprint density at radius 1 is 1.69 bits per heavy atom. The summed E-state index contributed by atoms with van der Waals surface area (Å²) in [5.74, 6) is -3.16. The van der Waals surface area contributed by atoms with Crippen molar-refractivity contribution >= 4 is 5.91 Å². The Bertz CT molecular complexity index is 208. The largest absolute Gasteiger partial charge is 0.394 e. The molecule has 0 spiro atoms. The summed E-state index contributed by atoms with van der Waals surface area (Å²) in [6.45, 7) is 0.680. The van der Waals surface area contributed by atoms with E-state index >= 15 is 0 Å². The first-order valence-electron chi connectivity index (χ1n) is 4.28. The summed E-state index contributed by atoms with van der Waals surface area (Å²) in [7, 11) is 0. The van der Waals surface area contributed by atoms with Crippen molar-refractivity contribution in [2.24, 2.45) is 0 Å². The molecule has 1 amide bonds. The molecule has 1 fully saturated rings. The highest BCUT2D eigenvalue weighted by Crippen LogP contribution is 2.31. The lowest BCUT2D eigenvalue weighted by Crippen LogP contribution is -2.37. The van der Waals surface area contributed by atoms with Gasteiger partial charge in [-0.25, -0.2) is 8.78 Å². The Morgan fingerprint density at radius 2 is 2.31 bits per heavy atom. The molecule has 1 saturated heterocycles. The van der Waals surface area contributed by atoms with Gasteiger partial charge in [-0.3, -0.25) is 4.79 Å². The molecule has 0 bridgehead atoms. The van der Waals surface area contributed by atoms with Gasteiger partial charge in [0.25, 0.3) is 5.92 Å². The van der Waals surface area contributed by atoms with Crippen LogP contribution in [0.15, 0.2) is 0 Å². The molecule has 1 aliphatic rings. The molecule has 0 saturated carbocycles. The number of carbonyl (C=O) groups excluding carboxylic acids is 1. The van der Waals surface area contributed by atoms with E-state index in [1.54, 1.807) is 6.92 Å². The van der Waals surface area contributed by atoms with Crippen LogP contribution in [0.1, 0.15) is 19.8 Å². The van der Waals surface area contributed by atoms with Gasteiger partial charge in [0.15, 0.2) is 0 Å². The molecule has 0 aromatic rings. The van der Waals surface area contributed by atoms with Gasteiger partial charge in [0, 0.05) is 12.8 Å². The first kappa shape index (κ1) is 10.4. The van der Waals surface area contributed by atoms with E-state index in [-0.39, 0.29) is 18.9 Å². The van der Waals surface area contributed by atoms with Crippen LogP contribution >= 0.6 is 0 Å². The molecule has 0 aliphatic carbocycles. The van der Waals surface area contributed by atoms with Crippen molar-refractivity contribution in [1.82, 2.24) is 4.90 Å². The average molecular weight is 193 g/mol. The number of rotatable bonds is 2. The van der Waals surface area contributed by atoms with E-state index in [0.717, 1.165) is 4.90 Å². The molecule has 1 atom stereocenters. The van der Waals surface area contributed by atoms with Crippen molar-refractivity contribution in [3.8, 4) is 0 Å². The van der Waals surface area contributed by atoms with Crippen molar-refractivity contribution in [2.45, 2.75) is 31.7 Å².